The normalized spacial score (nSPS) is 13.9. The zero-order chi connectivity index (χ0) is 27.5. The van der Waals surface area contributed by atoms with E-state index in [1.54, 1.807) is 30.5 Å². The maximum absolute atomic E-state index is 12.0. The second-order valence-electron chi connectivity index (χ2n) is 8.40. The van der Waals surface area contributed by atoms with E-state index in [0.717, 1.165) is 27.4 Å². The molecule has 0 unspecified atom stereocenters. The summed E-state index contributed by atoms with van der Waals surface area (Å²) < 4.78 is 11.7. The third-order valence-electron chi connectivity index (χ3n) is 5.59. The molecule has 1 fully saturated rings. The van der Waals surface area contributed by atoms with E-state index in [2.05, 4.69) is 47.4 Å². The van der Waals surface area contributed by atoms with Gasteiger partial charge in [0.05, 0.1) is 24.6 Å². The Morgan fingerprint density at radius 2 is 1.82 bits per heavy atom. The van der Waals surface area contributed by atoms with Gasteiger partial charge >= 0.3 is 0 Å². The zero-order valence-electron chi connectivity index (χ0n) is 20.6. The molecule has 11 heteroatoms. The Morgan fingerprint density at radius 1 is 1.05 bits per heavy atom. The summed E-state index contributed by atoms with van der Waals surface area (Å²) in [5.41, 5.74) is 4.61. The monoisotopic (exact) mass is 647 g/mol. The van der Waals surface area contributed by atoms with Gasteiger partial charge in [0.25, 0.3) is 5.91 Å². The van der Waals surface area contributed by atoms with E-state index in [-0.39, 0.29) is 35.7 Å². The van der Waals surface area contributed by atoms with Gasteiger partial charge in [-0.1, -0.05) is 31.9 Å². The molecule has 3 N–H and O–H groups in total. The second kappa shape index (κ2) is 14.6. The third-order valence-corrected chi connectivity index (χ3v) is 6.55. The van der Waals surface area contributed by atoms with Crippen LogP contribution in [-0.2, 0) is 9.53 Å². The fourth-order valence-corrected chi connectivity index (χ4v) is 4.43. The number of carbonyl (C=O) groups is 2. The molecule has 2 heterocycles. The van der Waals surface area contributed by atoms with Crippen molar-refractivity contribution in [3.05, 3.63) is 80.1 Å². The van der Waals surface area contributed by atoms with E-state index in [4.69, 9.17) is 9.15 Å². The van der Waals surface area contributed by atoms with Crippen molar-refractivity contribution in [2.75, 3.05) is 19.8 Å². The van der Waals surface area contributed by atoms with Crippen molar-refractivity contribution in [1.82, 2.24) is 5.43 Å². The highest BCUT2D eigenvalue weighted by Gasteiger charge is 2.20. The number of benzene rings is 2. The van der Waals surface area contributed by atoms with Gasteiger partial charge in [-0.15, -0.1) is 0 Å². The van der Waals surface area contributed by atoms with Gasteiger partial charge in [0.1, 0.15) is 17.8 Å². The molecule has 38 heavy (non-hydrogen) atoms. The number of hydrogen-bond acceptors (Lipinski definition) is 8. The Hall–Kier alpha value is -3.28. The van der Waals surface area contributed by atoms with Crippen LogP contribution in [-0.4, -0.2) is 54.1 Å². The van der Waals surface area contributed by atoms with Gasteiger partial charge in [0.2, 0.25) is 0 Å². The SMILES string of the molecule is Cc1cc(Br)cc(C=NCC(=O)C2CCOCC2)c1O.O=C(N/N=C/c1ccc(Br)cc1O)c1ccoc1. The first kappa shape index (κ1) is 29.3. The molecule has 9 nitrogen and oxygen atoms in total. The minimum Gasteiger partial charge on any atom is -0.507 e. The molecule has 1 aliphatic rings. The first-order chi connectivity index (χ1) is 18.2. The Balaban J connectivity index is 0.000000212. The van der Waals surface area contributed by atoms with Crippen molar-refractivity contribution in [2.24, 2.45) is 16.0 Å². The number of aromatic hydroxyl groups is 2. The van der Waals surface area contributed by atoms with Crippen LogP contribution < -0.4 is 5.43 Å². The van der Waals surface area contributed by atoms with E-state index in [9.17, 15) is 19.8 Å². The molecular formula is C27H27Br2N3O6. The van der Waals surface area contributed by atoms with Gasteiger partial charge in [0.15, 0.2) is 5.78 Å². The number of hydrogen-bond donors (Lipinski definition) is 3. The molecule has 4 rings (SSSR count). The van der Waals surface area contributed by atoms with Crippen molar-refractivity contribution < 1.29 is 29.0 Å². The fourth-order valence-electron chi connectivity index (χ4n) is 3.49. The van der Waals surface area contributed by atoms with Crippen LogP contribution in [0.5, 0.6) is 11.5 Å². The summed E-state index contributed by atoms with van der Waals surface area (Å²) in [5, 5.41) is 23.3. The average molecular weight is 649 g/mol. The Labute approximate surface area is 236 Å². The molecule has 1 saturated heterocycles. The molecule has 0 spiro atoms. The van der Waals surface area contributed by atoms with Crippen LogP contribution in [0.2, 0.25) is 0 Å². The van der Waals surface area contributed by atoms with Crippen molar-refractivity contribution in [1.29, 1.82) is 0 Å². The summed E-state index contributed by atoms with van der Waals surface area (Å²) in [4.78, 5) is 27.6. The number of phenols is 2. The Morgan fingerprint density at radius 3 is 2.50 bits per heavy atom. The summed E-state index contributed by atoms with van der Waals surface area (Å²) in [6.45, 7) is 3.30. The van der Waals surface area contributed by atoms with Gasteiger partial charge in [-0.05, 0) is 61.7 Å². The molecule has 0 saturated carbocycles. The van der Waals surface area contributed by atoms with Crippen molar-refractivity contribution in [2.45, 2.75) is 19.8 Å². The van der Waals surface area contributed by atoms with Crippen LogP contribution in [0, 0.1) is 12.8 Å². The highest BCUT2D eigenvalue weighted by atomic mass is 79.9. The summed E-state index contributed by atoms with van der Waals surface area (Å²) in [6, 6.07) is 10.1. The molecule has 200 valence electrons. The number of ether oxygens (including phenoxy) is 1. The molecule has 0 bridgehead atoms. The smallest absolute Gasteiger partial charge is 0.274 e. The summed E-state index contributed by atoms with van der Waals surface area (Å²) in [5.74, 6) is 0.118. The van der Waals surface area contributed by atoms with Gasteiger partial charge in [-0.3, -0.25) is 14.6 Å². The van der Waals surface area contributed by atoms with Crippen LogP contribution >= 0.6 is 31.9 Å². The number of aliphatic imine (C=N–C) groups is 1. The number of ketones is 1. The average Bonchev–Trinajstić information content (AvgIpc) is 3.44. The van der Waals surface area contributed by atoms with E-state index in [0.29, 0.717) is 29.9 Å². The highest BCUT2D eigenvalue weighted by Crippen LogP contribution is 2.25. The quantitative estimate of drug-likeness (QED) is 0.232. The number of halogens is 2. The Kier molecular flexibility index (Phi) is 11.3. The van der Waals surface area contributed by atoms with E-state index < -0.39 is 0 Å². The number of carbonyl (C=O) groups excluding carboxylic acids is 2. The fraction of sp³-hybridized carbons (Fsp3) is 0.259. The number of nitrogens with one attached hydrogen (secondary N) is 1. The van der Waals surface area contributed by atoms with Crippen molar-refractivity contribution >= 4 is 56.0 Å². The van der Waals surface area contributed by atoms with Gasteiger partial charge in [-0.2, -0.15) is 5.10 Å². The topological polar surface area (TPSA) is 134 Å². The minimum absolute atomic E-state index is 0.0683. The molecule has 0 aliphatic carbocycles. The summed E-state index contributed by atoms with van der Waals surface area (Å²) in [7, 11) is 0. The van der Waals surface area contributed by atoms with Crippen LogP contribution in [0.25, 0.3) is 0 Å². The first-order valence-corrected chi connectivity index (χ1v) is 13.3. The molecule has 3 aromatic rings. The molecule has 0 atom stereocenters. The van der Waals surface area contributed by atoms with Crippen LogP contribution in [0.3, 0.4) is 0 Å². The van der Waals surface area contributed by atoms with Gasteiger partial charge in [0, 0.05) is 45.4 Å². The van der Waals surface area contributed by atoms with Crippen LogP contribution in [0.1, 0.15) is 39.9 Å². The third kappa shape index (κ3) is 8.93. The maximum Gasteiger partial charge on any atom is 0.274 e. The lowest BCUT2D eigenvalue weighted by atomic mass is 9.95. The second-order valence-corrected chi connectivity index (χ2v) is 10.2. The predicted octanol–water partition coefficient (Wildman–Crippen LogP) is 5.39. The number of aryl methyl sites for hydroxylation is 1. The molecule has 1 amide bonds. The lowest BCUT2D eigenvalue weighted by Gasteiger charge is -2.19. The van der Waals surface area contributed by atoms with Crippen molar-refractivity contribution in [3.8, 4) is 11.5 Å². The molecular weight excluding hydrogens is 622 g/mol. The number of nitrogens with zero attached hydrogens (tertiary/aromatic N) is 2. The molecule has 0 radical (unpaired) electrons. The van der Waals surface area contributed by atoms with Crippen LogP contribution in [0.15, 0.2) is 72.4 Å². The number of furan rings is 1. The van der Waals surface area contributed by atoms with E-state index >= 15 is 0 Å². The minimum atomic E-state index is -0.378. The van der Waals surface area contributed by atoms with E-state index in [1.807, 2.05) is 13.0 Å². The van der Waals surface area contributed by atoms with Crippen molar-refractivity contribution in [3.63, 3.8) is 0 Å². The number of rotatable bonds is 7. The molecule has 1 aliphatic heterocycles. The van der Waals surface area contributed by atoms with Crippen LogP contribution in [0.4, 0.5) is 0 Å². The lowest BCUT2D eigenvalue weighted by molar-refractivity contribution is -0.124. The summed E-state index contributed by atoms with van der Waals surface area (Å²) >= 11 is 6.61. The standard InChI is InChI=1S/C15H18BrNO3.C12H9BrN2O3/c1-10-6-13(16)7-12(15(10)19)8-17-9-14(18)11-2-4-20-5-3-11;13-10-2-1-8(11(16)5-10)6-14-15-12(17)9-3-4-18-7-9/h6-8,11,19H,2-5,9H2,1H3;1-7,16H,(H,15,17)/b;14-6+. The summed E-state index contributed by atoms with van der Waals surface area (Å²) in [6.07, 6.45) is 7.22. The largest absolute Gasteiger partial charge is 0.507 e. The zero-order valence-corrected chi connectivity index (χ0v) is 23.7. The number of hydrazone groups is 1. The highest BCUT2D eigenvalue weighted by molar-refractivity contribution is 9.10. The molecule has 1 aromatic heterocycles. The van der Waals surface area contributed by atoms with E-state index in [1.165, 1.54) is 24.8 Å². The van der Waals surface area contributed by atoms with Gasteiger partial charge < -0.3 is 19.4 Å². The number of Topliss-reactive ketones (excluding diaryl/α,β-unsaturated/α-hetero) is 1. The number of amides is 1. The maximum atomic E-state index is 12.0. The predicted molar refractivity (Wildman–Crippen MR) is 151 cm³/mol. The van der Waals surface area contributed by atoms with Gasteiger partial charge in [-0.25, -0.2) is 5.43 Å². The lowest BCUT2D eigenvalue weighted by Crippen LogP contribution is -2.25. The molecule has 2 aromatic carbocycles. The number of phenolic OH excluding ortho intramolecular Hbond substituents is 2. The first-order valence-electron chi connectivity index (χ1n) is 11.7. The Bertz CT molecular complexity index is 1300.